The van der Waals surface area contributed by atoms with Gasteiger partial charge in [-0.05, 0) is 23.8 Å². The summed E-state index contributed by atoms with van der Waals surface area (Å²) in [5.41, 5.74) is 1.05. The largest absolute Gasteiger partial charge is 0.497 e. The number of benzene rings is 3. The maximum absolute atomic E-state index is 13.0. The summed E-state index contributed by atoms with van der Waals surface area (Å²) in [6.07, 6.45) is 0. The summed E-state index contributed by atoms with van der Waals surface area (Å²) in [6, 6.07) is 19.0. The van der Waals surface area contributed by atoms with E-state index in [0.29, 0.717) is 22.4 Å². The van der Waals surface area contributed by atoms with E-state index in [2.05, 4.69) is 0 Å². The SMILES string of the molecule is COc1ccc(-c2cc3c(OC(C)=O)cc(OC(C)=O)cc3oc2=O)c(OCc2ccccc2)c1. The molecule has 0 aliphatic rings. The van der Waals surface area contributed by atoms with E-state index in [4.69, 9.17) is 23.4 Å². The number of ether oxygens (including phenoxy) is 4. The lowest BCUT2D eigenvalue weighted by Crippen LogP contribution is -2.08. The highest BCUT2D eigenvalue weighted by molar-refractivity contribution is 5.91. The minimum atomic E-state index is -0.652. The summed E-state index contributed by atoms with van der Waals surface area (Å²) in [5.74, 6) is -0.0464. The predicted molar refractivity (Wildman–Crippen MR) is 128 cm³/mol. The average Bonchev–Trinajstić information content (AvgIpc) is 2.82. The van der Waals surface area contributed by atoms with E-state index in [1.165, 1.54) is 33.1 Å². The zero-order valence-corrected chi connectivity index (χ0v) is 19.3. The molecule has 8 heteroatoms. The van der Waals surface area contributed by atoms with Crippen LogP contribution in [-0.2, 0) is 16.2 Å². The first-order chi connectivity index (χ1) is 16.8. The molecule has 4 rings (SSSR count). The van der Waals surface area contributed by atoms with Crippen LogP contribution < -0.4 is 24.6 Å². The molecule has 178 valence electrons. The fraction of sp³-hybridized carbons (Fsp3) is 0.148. The lowest BCUT2D eigenvalue weighted by Gasteiger charge is -2.14. The number of rotatable bonds is 7. The number of methoxy groups -OCH3 is 1. The molecule has 4 aromatic rings. The van der Waals surface area contributed by atoms with Crippen LogP contribution in [0.15, 0.2) is 75.9 Å². The molecule has 35 heavy (non-hydrogen) atoms. The molecule has 0 radical (unpaired) electrons. The normalized spacial score (nSPS) is 10.6. The first-order valence-electron chi connectivity index (χ1n) is 10.7. The van der Waals surface area contributed by atoms with Crippen LogP contribution >= 0.6 is 0 Å². The molecule has 0 aliphatic heterocycles. The van der Waals surface area contributed by atoms with Crippen molar-refractivity contribution in [1.29, 1.82) is 0 Å². The molecule has 1 heterocycles. The van der Waals surface area contributed by atoms with E-state index in [1.54, 1.807) is 24.3 Å². The van der Waals surface area contributed by atoms with Gasteiger partial charge in [-0.2, -0.15) is 0 Å². The van der Waals surface area contributed by atoms with Crippen molar-refractivity contribution >= 4 is 22.9 Å². The fourth-order valence-electron chi connectivity index (χ4n) is 3.52. The topological polar surface area (TPSA) is 101 Å². The van der Waals surface area contributed by atoms with Crippen LogP contribution in [0.2, 0.25) is 0 Å². The standard InChI is InChI=1S/C27H22O8/c1-16(28)33-20-12-25(34-17(2)29)23-14-22(27(30)35-26(23)13-20)21-10-9-19(31-3)11-24(21)32-15-18-7-5-4-6-8-18/h4-14H,15H2,1-3H3. The molecular weight excluding hydrogens is 452 g/mol. The third-order valence-electron chi connectivity index (χ3n) is 5.02. The van der Waals surface area contributed by atoms with Gasteiger partial charge in [-0.1, -0.05) is 30.3 Å². The molecule has 0 atom stereocenters. The molecule has 0 spiro atoms. The number of fused-ring (bicyclic) bond motifs is 1. The summed E-state index contributed by atoms with van der Waals surface area (Å²) in [6.45, 7) is 2.74. The third kappa shape index (κ3) is 5.50. The van der Waals surface area contributed by atoms with E-state index >= 15 is 0 Å². The number of hydrogen-bond donors (Lipinski definition) is 0. The second kappa shape index (κ2) is 10.1. The van der Waals surface area contributed by atoms with Crippen molar-refractivity contribution in [2.75, 3.05) is 7.11 Å². The van der Waals surface area contributed by atoms with Gasteiger partial charge in [0.15, 0.2) is 0 Å². The van der Waals surface area contributed by atoms with Crippen molar-refractivity contribution in [2.45, 2.75) is 20.5 Å². The first kappa shape index (κ1) is 23.6. The molecule has 3 aromatic carbocycles. The van der Waals surface area contributed by atoms with Crippen LogP contribution in [0.5, 0.6) is 23.0 Å². The van der Waals surface area contributed by atoms with Crippen molar-refractivity contribution in [3.63, 3.8) is 0 Å². The summed E-state index contributed by atoms with van der Waals surface area (Å²) < 4.78 is 27.3. The van der Waals surface area contributed by atoms with Gasteiger partial charge in [-0.25, -0.2) is 4.79 Å². The van der Waals surface area contributed by atoms with Crippen molar-refractivity contribution < 1.29 is 33.0 Å². The van der Waals surface area contributed by atoms with Gasteiger partial charge in [0.25, 0.3) is 0 Å². The van der Waals surface area contributed by atoms with Crippen LogP contribution in [0, 0.1) is 0 Å². The molecule has 0 aliphatic carbocycles. The summed E-state index contributed by atoms with van der Waals surface area (Å²) in [5, 5.41) is 0.343. The highest BCUT2D eigenvalue weighted by Gasteiger charge is 2.18. The Morgan fingerprint density at radius 1 is 0.800 bits per heavy atom. The maximum atomic E-state index is 13.0. The van der Waals surface area contributed by atoms with E-state index < -0.39 is 17.6 Å². The van der Waals surface area contributed by atoms with E-state index in [0.717, 1.165) is 5.56 Å². The van der Waals surface area contributed by atoms with E-state index in [9.17, 15) is 14.4 Å². The number of esters is 2. The lowest BCUT2D eigenvalue weighted by molar-refractivity contribution is -0.132. The quantitative estimate of drug-likeness (QED) is 0.212. The third-order valence-corrected chi connectivity index (χ3v) is 5.02. The van der Waals surface area contributed by atoms with Crippen LogP contribution in [0.3, 0.4) is 0 Å². The second-order valence-electron chi connectivity index (χ2n) is 7.60. The molecule has 0 fully saturated rings. The Bertz CT molecular complexity index is 1450. The van der Waals surface area contributed by atoms with Crippen LogP contribution in [-0.4, -0.2) is 19.0 Å². The fourth-order valence-corrected chi connectivity index (χ4v) is 3.52. The number of carbonyl (C=O) groups excluding carboxylic acids is 2. The van der Waals surface area contributed by atoms with E-state index in [1.807, 2.05) is 30.3 Å². The molecule has 1 aromatic heterocycles. The minimum Gasteiger partial charge on any atom is -0.497 e. The molecule has 0 unspecified atom stereocenters. The highest BCUT2D eigenvalue weighted by atomic mass is 16.5. The molecular formula is C27H22O8. The summed E-state index contributed by atoms with van der Waals surface area (Å²) in [7, 11) is 1.53. The predicted octanol–water partition coefficient (Wildman–Crippen LogP) is 4.90. The lowest BCUT2D eigenvalue weighted by atomic mass is 10.0. The number of carbonyl (C=O) groups is 2. The van der Waals surface area contributed by atoms with Gasteiger partial charge in [0.2, 0.25) is 0 Å². The molecule has 0 bridgehead atoms. The number of hydrogen-bond acceptors (Lipinski definition) is 8. The monoisotopic (exact) mass is 474 g/mol. The van der Waals surface area contributed by atoms with E-state index in [-0.39, 0.29) is 29.3 Å². The van der Waals surface area contributed by atoms with Gasteiger partial charge in [0, 0.05) is 37.6 Å². The van der Waals surface area contributed by atoms with Gasteiger partial charge in [-0.3, -0.25) is 9.59 Å². The first-order valence-corrected chi connectivity index (χ1v) is 10.7. The highest BCUT2D eigenvalue weighted by Crippen LogP contribution is 2.37. The Kier molecular flexibility index (Phi) is 6.82. The van der Waals surface area contributed by atoms with Crippen molar-refractivity contribution in [2.24, 2.45) is 0 Å². The van der Waals surface area contributed by atoms with Gasteiger partial charge in [-0.15, -0.1) is 0 Å². The van der Waals surface area contributed by atoms with Crippen molar-refractivity contribution in [3.8, 4) is 34.1 Å². The average molecular weight is 474 g/mol. The van der Waals surface area contributed by atoms with Gasteiger partial charge in [0.05, 0.1) is 18.1 Å². The van der Waals surface area contributed by atoms with Gasteiger partial charge >= 0.3 is 17.6 Å². The Labute approximate surface area is 200 Å². The van der Waals surface area contributed by atoms with Crippen LogP contribution in [0.25, 0.3) is 22.1 Å². The second-order valence-corrected chi connectivity index (χ2v) is 7.60. The smallest absolute Gasteiger partial charge is 0.344 e. The van der Waals surface area contributed by atoms with Gasteiger partial charge < -0.3 is 23.4 Å². The van der Waals surface area contributed by atoms with Crippen molar-refractivity contribution in [3.05, 3.63) is 82.7 Å². The summed E-state index contributed by atoms with van der Waals surface area (Å²) >= 11 is 0. The molecule has 0 saturated carbocycles. The Hall–Kier alpha value is -4.59. The molecule has 0 saturated heterocycles. The maximum Gasteiger partial charge on any atom is 0.344 e. The Balaban J connectivity index is 1.84. The zero-order valence-electron chi connectivity index (χ0n) is 19.3. The molecule has 0 amide bonds. The zero-order chi connectivity index (χ0) is 24.9. The summed E-state index contributed by atoms with van der Waals surface area (Å²) in [4.78, 5) is 36.1. The van der Waals surface area contributed by atoms with Crippen LogP contribution in [0.4, 0.5) is 0 Å². The Morgan fingerprint density at radius 2 is 1.51 bits per heavy atom. The minimum absolute atomic E-state index is 0.0773. The van der Waals surface area contributed by atoms with Crippen LogP contribution in [0.1, 0.15) is 19.4 Å². The Morgan fingerprint density at radius 3 is 2.20 bits per heavy atom. The molecule has 0 N–H and O–H groups in total. The van der Waals surface area contributed by atoms with Crippen molar-refractivity contribution in [1.82, 2.24) is 0 Å². The van der Waals surface area contributed by atoms with Gasteiger partial charge in [0.1, 0.15) is 35.2 Å². The molecule has 8 nitrogen and oxygen atoms in total.